The minimum atomic E-state index is -0.679. The molecule has 1 aromatic carbocycles. The van der Waals surface area contributed by atoms with Crippen molar-refractivity contribution < 1.29 is 23.8 Å². The fraction of sp³-hybridized carbons (Fsp3) is 0.300. The number of rotatable bonds is 7. The largest absolute Gasteiger partial charge is 0.503 e. The van der Waals surface area contributed by atoms with E-state index in [1.807, 2.05) is 24.3 Å². The maximum atomic E-state index is 12.9. The zero-order valence-electron chi connectivity index (χ0n) is 14.8. The van der Waals surface area contributed by atoms with E-state index in [9.17, 15) is 14.7 Å². The molecule has 1 aliphatic heterocycles. The topological polar surface area (TPSA) is 80.0 Å². The van der Waals surface area contributed by atoms with Crippen LogP contribution in [0.15, 0.2) is 58.4 Å². The van der Waals surface area contributed by atoms with Crippen molar-refractivity contribution in [3.63, 3.8) is 0 Å². The quantitative estimate of drug-likeness (QED) is 0.772. The summed E-state index contributed by atoms with van der Waals surface area (Å²) in [5, 5.41) is 10.4. The third-order valence-electron chi connectivity index (χ3n) is 4.53. The first-order chi connectivity index (χ1) is 12.6. The molecule has 0 fully saturated rings. The number of benzene rings is 1. The molecule has 1 atom stereocenters. The molecule has 0 spiro atoms. The van der Waals surface area contributed by atoms with E-state index >= 15 is 0 Å². The van der Waals surface area contributed by atoms with Crippen LogP contribution in [0.2, 0.25) is 0 Å². The molecule has 1 unspecified atom stereocenters. The minimum absolute atomic E-state index is 0.0327. The second-order valence-electron chi connectivity index (χ2n) is 6.06. The van der Waals surface area contributed by atoms with Gasteiger partial charge in [0.15, 0.2) is 11.5 Å². The van der Waals surface area contributed by atoms with Crippen LogP contribution in [0, 0.1) is 0 Å². The van der Waals surface area contributed by atoms with Crippen molar-refractivity contribution in [2.24, 2.45) is 0 Å². The zero-order chi connectivity index (χ0) is 18.7. The smallest absolute Gasteiger partial charge is 0.290 e. The van der Waals surface area contributed by atoms with Crippen LogP contribution in [0.25, 0.3) is 0 Å². The number of carbonyl (C=O) groups excluding carboxylic acids is 2. The number of nitrogens with zero attached hydrogens (tertiary/aromatic N) is 1. The number of hydrogen-bond donors (Lipinski definition) is 1. The molecule has 26 heavy (non-hydrogen) atoms. The molecule has 6 heteroatoms. The fourth-order valence-electron chi connectivity index (χ4n) is 3.13. The number of hydrogen-bond acceptors (Lipinski definition) is 5. The number of carbonyl (C=O) groups is 2. The highest BCUT2D eigenvalue weighted by Gasteiger charge is 2.44. The van der Waals surface area contributed by atoms with Gasteiger partial charge in [-0.05, 0) is 29.7 Å². The van der Waals surface area contributed by atoms with Crippen LogP contribution in [0.1, 0.15) is 34.6 Å². The lowest BCUT2D eigenvalue weighted by Gasteiger charge is -2.26. The molecule has 0 bridgehead atoms. The van der Waals surface area contributed by atoms with E-state index in [0.29, 0.717) is 6.61 Å². The van der Waals surface area contributed by atoms with E-state index in [1.165, 1.54) is 24.3 Å². The van der Waals surface area contributed by atoms with E-state index in [-0.39, 0.29) is 17.9 Å². The third-order valence-corrected chi connectivity index (χ3v) is 4.53. The van der Waals surface area contributed by atoms with Crippen LogP contribution in [-0.2, 0) is 16.0 Å². The molecule has 0 aliphatic carbocycles. The van der Waals surface area contributed by atoms with Crippen molar-refractivity contribution in [3.8, 4) is 0 Å². The lowest BCUT2D eigenvalue weighted by molar-refractivity contribution is -0.130. The van der Waals surface area contributed by atoms with Gasteiger partial charge in [0.2, 0.25) is 5.78 Å². The Hall–Kier alpha value is -2.86. The van der Waals surface area contributed by atoms with E-state index in [4.69, 9.17) is 9.15 Å². The molecule has 6 nitrogen and oxygen atoms in total. The molecule has 1 aromatic heterocycles. The Balaban J connectivity index is 2.05. The van der Waals surface area contributed by atoms with Crippen molar-refractivity contribution in [1.29, 1.82) is 0 Å². The summed E-state index contributed by atoms with van der Waals surface area (Å²) in [6.07, 6.45) is 2.27. The van der Waals surface area contributed by atoms with Crippen LogP contribution >= 0.6 is 0 Å². The fourth-order valence-corrected chi connectivity index (χ4v) is 3.13. The number of aliphatic hydroxyl groups is 1. The van der Waals surface area contributed by atoms with E-state index in [1.54, 1.807) is 6.07 Å². The number of amides is 1. The zero-order valence-corrected chi connectivity index (χ0v) is 14.8. The van der Waals surface area contributed by atoms with Crippen LogP contribution in [0.5, 0.6) is 0 Å². The van der Waals surface area contributed by atoms with E-state index < -0.39 is 23.5 Å². The Morgan fingerprint density at radius 3 is 2.58 bits per heavy atom. The van der Waals surface area contributed by atoms with Crippen molar-refractivity contribution in [2.45, 2.75) is 19.4 Å². The molecule has 1 aliphatic rings. The normalized spacial score (nSPS) is 17.2. The van der Waals surface area contributed by atoms with Crippen molar-refractivity contribution in [3.05, 3.63) is 70.9 Å². The summed E-state index contributed by atoms with van der Waals surface area (Å²) in [5.41, 5.74) is 1.93. The molecular weight excluding hydrogens is 334 g/mol. The Morgan fingerprint density at radius 1 is 1.27 bits per heavy atom. The number of ether oxygens (including phenoxy) is 1. The van der Waals surface area contributed by atoms with E-state index in [2.05, 4.69) is 6.92 Å². The van der Waals surface area contributed by atoms with Gasteiger partial charge in [-0.1, -0.05) is 31.2 Å². The first-order valence-electron chi connectivity index (χ1n) is 8.48. The highest BCUT2D eigenvalue weighted by Crippen LogP contribution is 2.38. The van der Waals surface area contributed by atoms with Gasteiger partial charge in [0.25, 0.3) is 5.91 Å². The van der Waals surface area contributed by atoms with Gasteiger partial charge in [-0.25, -0.2) is 0 Å². The molecule has 0 saturated carbocycles. The standard InChI is InChI=1S/C20H21NO5/c1-3-13-6-8-14(9-7-13)17-16(18(22)15-5-4-11-26-15)19(23)20(24)21(17)10-12-25-2/h4-9,11,17,23H,3,10,12H2,1-2H3. The Labute approximate surface area is 151 Å². The second kappa shape index (κ2) is 7.58. The summed E-state index contributed by atoms with van der Waals surface area (Å²) in [7, 11) is 1.54. The monoisotopic (exact) mass is 355 g/mol. The first kappa shape index (κ1) is 17.9. The highest BCUT2D eigenvalue weighted by molar-refractivity contribution is 6.15. The van der Waals surface area contributed by atoms with Gasteiger partial charge in [0.1, 0.15) is 0 Å². The second-order valence-corrected chi connectivity index (χ2v) is 6.06. The number of methoxy groups -OCH3 is 1. The summed E-state index contributed by atoms with van der Waals surface area (Å²) in [6.45, 7) is 2.61. The van der Waals surface area contributed by atoms with Crippen molar-refractivity contribution >= 4 is 11.7 Å². The van der Waals surface area contributed by atoms with Gasteiger partial charge in [0, 0.05) is 13.7 Å². The highest BCUT2D eigenvalue weighted by atomic mass is 16.5. The first-order valence-corrected chi connectivity index (χ1v) is 8.48. The van der Waals surface area contributed by atoms with Gasteiger partial charge in [0.05, 0.1) is 24.5 Å². The Morgan fingerprint density at radius 2 is 2.00 bits per heavy atom. The summed E-state index contributed by atoms with van der Waals surface area (Å²) >= 11 is 0. The maximum absolute atomic E-state index is 12.9. The predicted octanol–water partition coefficient (Wildman–Crippen LogP) is 3.07. The molecule has 1 N–H and O–H groups in total. The minimum Gasteiger partial charge on any atom is -0.503 e. The van der Waals surface area contributed by atoms with Gasteiger partial charge in [-0.3, -0.25) is 9.59 Å². The summed E-state index contributed by atoms with van der Waals surface area (Å²) in [6, 6.07) is 10.1. The molecule has 0 saturated heterocycles. The molecule has 1 amide bonds. The van der Waals surface area contributed by atoms with Crippen LogP contribution in [0.3, 0.4) is 0 Å². The summed E-state index contributed by atoms with van der Waals surface area (Å²) in [4.78, 5) is 26.9. The number of Topliss-reactive ketones (excluding diaryl/α,β-unsaturated/α-hetero) is 1. The number of aliphatic hydroxyl groups excluding tert-OH is 1. The Bertz CT molecular complexity index is 820. The molecule has 0 radical (unpaired) electrons. The summed E-state index contributed by atoms with van der Waals surface area (Å²) < 4.78 is 10.3. The number of furan rings is 1. The number of aryl methyl sites for hydroxylation is 1. The maximum Gasteiger partial charge on any atom is 0.290 e. The number of ketones is 1. The van der Waals surface area contributed by atoms with Gasteiger partial charge in [-0.15, -0.1) is 0 Å². The van der Waals surface area contributed by atoms with Crippen molar-refractivity contribution in [1.82, 2.24) is 4.90 Å². The lowest BCUT2D eigenvalue weighted by Crippen LogP contribution is -2.34. The molecule has 2 heterocycles. The lowest BCUT2D eigenvalue weighted by atomic mass is 9.94. The van der Waals surface area contributed by atoms with Gasteiger partial charge < -0.3 is 19.2 Å². The average Bonchev–Trinajstić information content (AvgIpc) is 3.28. The van der Waals surface area contributed by atoms with Crippen LogP contribution in [-0.4, -0.2) is 42.0 Å². The van der Waals surface area contributed by atoms with Gasteiger partial charge in [-0.2, -0.15) is 0 Å². The Kier molecular flexibility index (Phi) is 5.23. The predicted molar refractivity (Wildman–Crippen MR) is 94.8 cm³/mol. The van der Waals surface area contributed by atoms with Crippen LogP contribution in [0.4, 0.5) is 0 Å². The molecular formula is C20H21NO5. The summed E-state index contributed by atoms with van der Waals surface area (Å²) in [5.74, 6) is -1.53. The molecule has 3 rings (SSSR count). The van der Waals surface area contributed by atoms with Gasteiger partial charge >= 0.3 is 0 Å². The average molecular weight is 355 g/mol. The third kappa shape index (κ3) is 3.15. The SMILES string of the molecule is CCc1ccc(C2C(C(=O)c3ccco3)=C(O)C(=O)N2CCOC)cc1. The van der Waals surface area contributed by atoms with Crippen LogP contribution < -0.4 is 0 Å². The van der Waals surface area contributed by atoms with E-state index in [0.717, 1.165) is 17.5 Å². The molecule has 136 valence electrons. The molecule has 2 aromatic rings. The van der Waals surface area contributed by atoms with Crippen molar-refractivity contribution in [2.75, 3.05) is 20.3 Å².